The molecule has 1 atom stereocenters. The summed E-state index contributed by atoms with van der Waals surface area (Å²) in [4.78, 5) is 6.10. The molecule has 4 nitrogen and oxygen atoms in total. The average Bonchev–Trinajstić information content (AvgIpc) is 2.93. The van der Waals surface area contributed by atoms with Gasteiger partial charge in [0.05, 0.1) is 18.7 Å². The molecule has 0 aliphatic carbocycles. The molecule has 1 unspecified atom stereocenters. The van der Waals surface area contributed by atoms with Crippen molar-refractivity contribution in [3.05, 3.63) is 35.0 Å². The van der Waals surface area contributed by atoms with Gasteiger partial charge in [0.1, 0.15) is 5.69 Å². The molecule has 2 aliphatic heterocycles. The SMILES string of the molecule is OCC1CN(c2cc(C(F)F)nc3ccc(Cl)cc23)CC12COC2. The van der Waals surface area contributed by atoms with Crippen molar-refractivity contribution in [1.82, 2.24) is 4.98 Å². The molecule has 2 aromatic rings. The van der Waals surface area contributed by atoms with Crippen molar-refractivity contribution in [3.8, 4) is 0 Å². The molecule has 0 bridgehead atoms. The van der Waals surface area contributed by atoms with E-state index in [1.807, 2.05) is 0 Å². The molecule has 0 saturated carbocycles. The Kier molecular flexibility index (Phi) is 3.86. The molecule has 0 amide bonds. The average molecular weight is 355 g/mol. The zero-order valence-corrected chi connectivity index (χ0v) is 13.6. The van der Waals surface area contributed by atoms with Crippen molar-refractivity contribution >= 4 is 28.2 Å². The van der Waals surface area contributed by atoms with E-state index in [-0.39, 0.29) is 23.6 Å². The van der Waals surface area contributed by atoms with E-state index in [1.165, 1.54) is 6.07 Å². The first-order chi connectivity index (χ1) is 11.5. The smallest absolute Gasteiger partial charge is 0.280 e. The van der Waals surface area contributed by atoms with Crippen molar-refractivity contribution in [2.75, 3.05) is 37.8 Å². The van der Waals surface area contributed by atoms with Gasteiger partial charge in [0.15, 0.2) is 0 Å². The summed E-state index contributed by atoms with van der Waals surface area (Å²) in [6.07, 6.45) is -2.64. The third kappa shape index (κ3) is 2.44. The molecule has 3 heterocycles. The Morgan fingerprint density at radius 1 is 1.38 bits per heavy atom. The lowest BCUT2D eigenvalue weighted by atomic mass is 9.77. The fourth-order valence-electron chi connectivity index (χ4n) is 3.73. The minimum absolute atomic E-state index is 0.0608. The van der Waals surface area contributed by atoms with Gasteiger partial charge in [0, 0.05) is 47.1 Å². The maximum atomic E-state index is 13.2. The van der Waals surface area contributed by atoms with Crippen LogP contribution in [-0.2, 0) is 4.74 Å². The van der Waals surface area contributed by atoms with Gasteiger partial charge in [-0.25, -0.2) is 13.8 Å². The van der Waals surface area contributed by atoms with E-state index >= 15 is 0 Å². The Labute approximate surface area is 143 Å². The first kappa shape index (κ1) is 16.0. The summed E-state index contributed by atoms with van der Waals surface area (Å²) in [5, 5.41) is 11.0. The zero-order chi connectivity index (χ0) is 16.9. The van der Waals surface area contributed by atoms with E-state index in [0.29, 0.717) is 42.5 Å². The van der Waals surface area contributed by atoms with Crippen molar-refractivity contribution in [3.63, 3.8) is 0 Å². The van der Waals surface area contributed by atoms with Crippen molar-refractivity contribution in [1.29, 1.82) is 0 Å². The number of pyridine rings is 1. The molecule has 1 N–H and O–H groups in total. The van der Waals surface area contributed by atoms with Gasteiger partial charge in [0.25, 0.3) is 6.43 Å². The molecule has 24 heavy (non-hydrogen) atoms. The molecule has 2 aliphatic rings. The van der Waals surface area contributed by atoms with Crippen LogP contribution in [0.2, 0.25) is 5.02 Å². The van der Waals surface area contributed by atoms with E-state index in [0.717, 1.165) is 5.39 Å². The van der Waals surface area contributed by atoms with Crippen LogP contribution in [0.5, 0.6) is 0 Å². The first-order valence-corrected chi connectivity index (χ1v) is 8.22. The van der Waals surface area contributed by atoms with Gasteiger partial charge < -0.3 is 14.7 Å². The maximum Gasteiger partial charge on any atom is 0.280 e. The summed E-state index contributed by atoms with van der Waals surface area (Å²) in [5.41, 5.74) is 0.859. The molecular weight excluding hydrogens is 338 g/mol. The highest BCUT2D eigenvalue weighted by molar-refractivity contribution is 6.31. The van der Waals surface area contributed by atoms with E-state index in [2.05, 4.69) is 9.88 Å². The van der Waals surface area contributed by atoms with Gasteiger partial charge in [-0.15, -0.1) is 0 Å². The second-order valence-electron chi connectivity index (χ2n) is 6.64. The number of ether oxygens (including phenoxy) is 1. The maximum absolute atomic E-state index is 13.2. The van der Waals surface area contributed by atoms with Crippen LogP contribution >= 0.6 is 11.6 Å². The summed E-state index contributed by atoms with van der Waals surface area (Å²) < 4.78 is 31.8. The van der Waals surface area contributed by atoms with E-state index < -0.39 is 6.43 Å². The van der Waals surface area contributed by atoms with Crippen LogP contribution in [0.4, 0.5) is 14.5 Å². The topological polar surface area (TPSA) is 45.6 Å². The lowest BCUT2D eigenvalue weighted by Crippen LogP contribution is -2.49. The normalized spacial score (nSPS) is 22.5. The standard InChI is InChI=1S/C17H17ClF2N2O2/c18-11-1-2-13-12(3-11)15(4-14(21-13)16(19)20)22-5-10(6-23)17(7-22)8-24-9-17/h1-4,10,16,23H,5-9H2. The molecule has 1 spiro atoms. The predicted octanol–water partition coefficient (Wildman–Crippen LogP) is 3.27. The lowest BCUT2D eigenvalue weighted by molar-refractivity contribution is -0.131. The number of benzene rings is 1. The van der Waals surface area contributed by atoms with Crippen LogP contribution in [0.3, 0.4) is 0 Å². The highest BCUT2D eigenvalue weighted by atomic mass is 35.5. The number of hydrogen-bond donors (Lipinski definition) is 1. The van der Waals surface area contributed by atoms with Gasteiger partial charge >= 0.3 is 0 Å². The van der Waals surface area contributed by atoms with Gasteiger partial charge in [-0.05, 0) is 24.3 Å². The van der Waals surface area contributed by atoms with Crippen LogP contribution in [0.25, 0.3) is 10.9 Å². The Balaban J connectivity index is 1.81. The highest BCUT2D eigenvalue weighted by Gasteiger charge is 2.51. The van der Waals surface area contributed by atoms with Gasteiger partial charge in [-0.1, -0.05) is 11.6 Å². The molecule has 0 radical (unpaired) electrons. The Morgan fingerprint density at radius 3 is 2.75 bits per heavy atom. The van der Waals surface area contributed by atoms with Crippen molar-refractivity contribution < 1.29 is 18.6 Å². The summed E-state index contributed by atoms with van der Waals surface area (Å²) in [7, 11) is 0. The molecule has 2 fully saturated rings. The third-order valence-electron chi connectivity index (χ3n) is 5.14. The molecule has 7 heteroatoms. The van der Waals surface area contributed by atoms with E-state index in [1.54, 1.807) is 18.2 Å². The lowest BCUT2D eigenvalue weighted by Gasteiger charge is -2.41. The zero-order valence-electron chi connectivity index (χ0n) is 12.9. The first-order valence-electron chi connectivity index (χ1n) is 7.84. The van der Waals surface area contributed by atoms with Crippen LogP contribution in [-0.4, -0.2) is 43.0 Å². The molecule has 2 saturated heterocycles. The number of alkyl halides is 2. The van der Waals surface area contributed by atoms with Crippen LogP contribution < -0.4 is 4.90 Å². The van der Waals surface area contributed by atoms with Gasteiger partial charge in [0.2, 0.25) is 0 Å². The fraction of sp³-hybridized carbons (Fsp3) is 0.471. The van der Waals surface area contributed by atoms with E-state index in [9.17, 15) is 13.9 Å². The summed E-state index contributed by atoms with van der Waals surface area (Å²) in [6, 6.07) is 6.51. The Morgan fingerprint density at radius 2 is 2.17 bits per heavy atom. The number of aromatic nitrogens is 1. The fourth-order valence-corrected chi connectivity index (χ4v) is 3.91. The number of nitrogens with zero attached hydrogens (tertiary/aromatic N) is 2. The van der Waals surface area contributed by atoms with Crippen molar-refractivity contribution in [2.45, 2.75) is 6.43 Å². The number of hydrogen-bond acceptors (Lipinski definition) is 4. The molecule has 4 rings (SSSR count). The number of halogens is 3. The minimum atomic E-state index is -2.64. The highest BCUT2D eigenvalue weighted by Crippen LogP contribution is 2.45. The largest absolute Gasteiger partial charge is 0.396 e. The van der Waals surface area contributed by atoms with Gasteiger partial charge in [-0.2, -0.15) is 0 Å². The Hall–Kier alpha value is -1.50. The molecule has 128 valence electrons. The summed E-state index contributed by atoms with van der Waals surface area (Å²) in [5.74, 6) is 0.0728. The number of aliphatic hydroxyl groups excluding tert-OH is 1. The molecule has 1 aromatic carbocycles. The monoisotopic (exact) mass is 354 g/mol. The second-order valence-corrected chi connectivity index (χ2v) is 7.08. The van der Waals surface area contributed by atoms with Crippen LogP contribution in [0, 0.1) is 11.3 Å². The predicted molar refractivity (Wildman–Crippen MR) is 87.8 cm³/mol. The Bertz CT molecular complexity index is 783. The van der Waals surface area contributed by atoms with Crippen LogP contribution in [0.15, 0.2) is 24.3 Å². The third-order valence-corrected chi connectivity index (χ3v) is 5.38. The second kappa shape index (κ2) is 5.79. The van der Waals surface area contributed by atoms with Crippen LogP contribution in [0.1, 0.15) is 12.1 Å². The summed E-state index contributed by atoms with van der Waals surface area (Å²) >= 11 is 6.10. The quantitative estimate of drug-likeness (QED) is 0.919. The number of anilines is 1. The number of aliphatic hydroxyl groups is 1. The molecule has 1 aromatic heterocycles. The number of fused-ring (bicyclic) bond motifs is 1. The summed E-state index contributed by atoms with van der Waals surface area (Å²) in [6.45, 7) is 2.53. The minimum Gasteiger partial charge on any atom is -0.396 e. The molecular formula is C17H17ClF2N2O2. The number of rotatable bonds is 3. The van der Waals surface area contributed by atoms with E-state index in [4.69, 9.17) is 16.3 Å². The van der Waals surface area contributed by atoms with Crippen molar-refractivity contribution in [2.24, 2.45) is 11.3 Å². The van der Waals surface area contributed by atoms with Gasteiger partial charge in [-0.3, -0.25) is 0 Å².